The zero-order valence-electron chi connectivity index (χ0n) is 12.8. The highest BCUT2D eigenvalue weighted by atomic mass is 35.5. The Morgan fingerprint density at radius 1 is 1.22 bits per heavy atom. The maximum Gasteiger partial charge on any atom is 0.229 e. The standard InChI is InChI=1S/C18H17ClN2O2/c1-12-5-7-16(8-6-12)21-11-13(9-17(21)22)18(23)20-15-4-2-3-14(19)10-15/h2-8,10,13H,9,11H2,1H3,(H,20,23)/t13-/m0/s1. The first-order valence-electron chi connectivity index (χ1n) is 7.46. The van der Waals surface area contributed by atoms with Crippen LogP contribution in [0.1, 0.15) is 12.0 Å². The van der Waals surface area contributed by atoms with Gasteiger partial charge in [-0.25, -0.2) is 0 Å². The molecule has 0 radical (unpaired) electrons. The summed E-state index contributed by atoms with van der Waals surface area (Å²) in [5.74, 6) is -0.543. The van der Waals surface area contributed by atoms with Crippen LogP contribution >= 0.6 is 11.6 Å². The third-order valence-electron chi connectivity index (χ3n) is 3.93. The van der Waals surface area contributed by atoms with E-state index in [2.05, 4.69) is 5.32 Å². The van der Waals surface area contributed by atoms with Crippen molar-refractivity contribution < 1.29 is 9.59 Å². The summed E-state index contributed by atoms with van der Waals surface area (Å²) in [4.78, 5) is 26.2. The van der Waals surface area contributed by atoms with E-state index in [1.807, 2.05) is 31.2 Å². The molecule has 1 aliphatic heterocycles. The molecule has 0 aromatic heterocycles. The first-order chi connectivity index (χ1) is 11.0. The summed E-state index contributed by atoms with van der Waals surface area (Å²) in [7, 11) is 0. The molecule has 0 spiro atoms. The van der Waals surface area contributed by atoms with Gasteiger partial charge in [0.15, 0.2) is 0 Å². The number of halogens is 1. The van der Waals surface area contributed by atoms with Crippen LogP contribution in [-0.2, 0) is 9.59 Å². The van der Waals surface area contributed by atoms with Crippen molar-refractivity contribution in [2.45, 2.75) is 13.3 Å². The fourth-order valence-electron chi connectivity index (χ4n) is 2.67. The Labute approximate surface area is 140 Å². The number of carbonyl (C=O) groups is 2. The molecule has 0 unspecified atom stereocenters. The highest BCUT2D eigenvalue weighted by Gasteiger charge is 2.35. The minimum Gasteiger partial charge on any atom is -0.326 e. The number of carbonyl (C=O) groups excluding carboxylic acids is 2. The van der Waals surface area contributed by atoms with Gasteiger partial charge in [-0.05, 0) is 37.3 Å². The van der Waals surface area contributed by atoms with Crippen molar-refractivity contribution in [3.8, 4) is 0 Å². The molecular formula is C18H17ClN2O2. The van der Waals surface area contributed by atoms with Crippen molar-refractivity contribution in [3.63, 3.8) is 0 Å². The Hall–Kier alpha value is -2.33. The minimum absolute atomic E-state index is 0.0277. The molecule has 1 saturated heterocycles. The van der Waals surface area contributed by atoms with Gasteiger partial charge >= 0.3 is 0 Å². The molecule has 3 rings (SSSR count). The maximum absolute atomic E-state index is 12.4. The summed E-state index contributed by atoms with van der Waals surface area (Å²) in [6.45, 7) is 2.39. The number of benzene rings is 2. The smallest absolute Gasteiger partial charge is 0.229 e. The first kappa shape index (κ1) is 15.6. The average Bonchev–Trinajstić information content (AvgIpc) is 2.90. The molecule has 0 saturated carbocycles. The molecule has 0 aliphatic carbocycles. The van der Waals surface area contributed by atoms with E-state index in [0.29, 0.717) is 17.3 Å². The molecule has 2 aromatic carbocycles. The summed E-state index contributed by atoms with van der Waals surface area (Å²) in [6, 6.07) is 14.7. The lowest BCUT2D eigenvalue weighted by Gasteiger charge is -2.17. The zero-order chi connectivity index (χ0) is 16.4. The van der Waals surface area contributed by atoms with Crippen LogP contribution in [0.25, 0.3) is 0 Å². The molecule has 1 fully saturated rings. The van der Waals surface area contributed by atoms with E-state index < -0.39 is 0 Å². The minimum atomic E-state index is -0.359. The van der Waals surface area contributed by atoms with Crippen LogP contribution < -0.4 is 10.2 Å². The second-order valence-electron chi connectivity index (χ2n) is 5.74. The molecule has 2 amide bonds. The molecule has 4 nitrogen and oxygen atoms in total. The lowest BCUT2D eigenvalue weighted by atomic mass is 10.1. The Balaban J connectivity index is 1.69. The van der Waals surface area contributed by atoms with Gasteiger partial charge in [0.05, 0.1) is 5.92 Å². The van der Waals surface area contributed by atoms with Gasteiger partial charge in [0.2, 0.25) is 11.8 Å². The van der Waals surface area contributed by atoms with Crippen LogP contribution in [0.2, 0.25) is 5.02 Å². The number of nitrogens with one attached hydrogen (secondary N) is 1. The van der Waals surface area contributed by atoms with Crippen molar-refractivity contribution in [1.29, 1.82) is 0 Å². The van der Waals surface area contributed by atoms with Gasteiger partial charge in [-0.3, -0.25) is 9.59 Å². The Bertz CT molecular complexity index is 743. The van der Waals surface area contributed by atoms with E-state index in [9.17, 15) is 9.59 Å². The second kappa shape index (κ2) is 6.42. The molecule has 0 bridgehead atoms. The molecule has 5 heteroatoms. The number of anilines is 2. The summed E-state index contributed by atoms with van der Waals surface area (Å²) in [6.07, 6.45) is 0.222. The highest BCUT2D eigenvalue weighted by Crippen LogP contribution is 2.26. The molecular weight excluding hydrogens is 312 g/mol. The Morgan fingerprint density at radius 2 is 1.96 bits per heavy atom. The number of amides is 2. The summed E-state index contributed by atoms with van der Waals surface area (Å²) in [5, 5.41) is 3.39. The van der Waals surface area contributed by atoms with Gasteiger partial charge in [-0.15, -0.1) is 0 Å². The van der Waals surface area contributed by atoms with Crippen molar-refractivity contribution >= 4 is 34.8 Å². The zero-order valence-corrected chi connectivity index (χ0v) is 13.5. The van der Waals surface area contributed by atoms with Gasteiger partial charge in [0.1, 0.15) is 0 Å². The fraction of sp³-hybridized carbons (Fsp3) is 0.222. The van der Waals surface area contributed by atoms with Crippen LogP contribution in [0, 0.1) is 12.8 Å². The number of hydrogen-bond donors (Lipinski definition) is 1. The normalized spacial score (nSPS) is 17.4. The van der Waals surface area contributed by atoms with Crippen LogP contribution in [0.4, 0.5) is 11.4 Å². The highest BCUT2D eigenvalue weighted by molar-refractivity contribution is 6.30. The van der Waals surface area contributed by atoms with E-state index in [1.54, 1.807) is 29.2 Å². The van der Waals surface area contributed by atoms with E-state index in [0.717, 1.165) is 11.3 Å². The molecule has 1 heterocycles. The summed E-state index contributed by atoms with van der Waals surface area (Å²) >= 11 is 5.91. The lowest BCUT2D eigenvalue weighted by Crippen LogP contribution is -2.28. The molecule has 118 valence electrons. The van der Waals surface area contributed by atoms with Crippen molar-refractivity contribution in [3.05, 3.63) is 59.1 Å². The lowest BCUT2D eigenvalue weighted by molar-refractivity contribution is -0.122. The molecule has 23 heavy (non-hydrogen) atoms. The summed E-state index contributed by atoms with van der Waals surface area (Å²) < 4.78 is 0. The first-order valence-corrected chi connectivity index (χ1v) is 7.84. The van der Waals surface area contributed by atoms with Crippen molar-refractivity contribution in [2.75, 3.05) is 16.8 Å². The van der Waals surface area contributed by atoms with Gasteiger partial charge in [0.25, 0.3) is 0 Å². The molecule has 1 aliphatic rings. The SMILES string of the molecule is Cc1ccc(N2C[C@@H](C(=O)Nc3cccc(Cl)c3)CC2=O)cc1. The van der Waals surface area contributed by atoms with Crippen LogP contribution in [0.3, 0.4) is 0 Å². The van der Waals surface area contributed by atoms with E-state index in [4.69, 9.17) is 11.6 Å². The van der Waals surface area contributed by atoms with Crippen LogP contribution in [-0.4, -0.2) is 18.4 Å². The number of nitrogens with zero attached hydrogens (tertiary/aromatic N) is 1. The van der Waals surface area contributed by atoms with Gasteiger partial charge in [0, 0.05) is 29.4 Å². The monoisotopic (exact) mass is 328 g/mol. The largest absolute Gasteiger partial charge is 0.326 e. The second-order valence-corrected chi connectivity index (χ2v) is 6.18. The third kappa shape index (κ3) is 3.54. The number of hydrogen-bond acceptors (Lipinski definition) is 2. The Morgan fingerprint density at radius 3 is 2.65 bits per heavy atom. The van der Waals surface area contributed by atoms with Crippen LogP contribution in [0.5, 0.6) is 0 Å². The molecule has 1 atom stereocenters. The predicted octanol–water partition coefficient (Wildman–Crippen LogP) is 3.64. The van der Waals surface area contributed by atoms with Crippen molar-refractivity contribution in [2.24, 2.45) is 5.92 Å². The Kier molecular flexibility index (Phi) is 4.35. The number of rotatable bonds is 3. The van der Waals surface area contributed by atoms with E-state index in [-0.39, 0.29) is 24.2 Å². The van der Waals surface area contributed by atoms with Crippen LogP contribution in [0.15, 0.2) is 48.5 Å². The quantitative estimate of drug-likeness (QED) is 0.935. The summed E-state index contributed by atoms with van der Waals surface area (Å²) in [5.41, 5.74) is 2.61. The molecule has 2 aromatic rings. The van der Waals surface area contributed by atoms with Crippen molar-refractivity contribution in [1.82, 2.24) is 0 Å². The predicted molar refractivity (Wildman–Crippen MR) is 91.7 cm³/mol. The average molecular weight is 329 g/mol. The van der Waals surface area contributed by atoms with Gasteiger partial charge in [-0.1, -0.05) is 35.4 Å². The van der Waals surface area contributed by atoms with Gasteiger partial charge < -0.3 is 10.2 Å². The number of aryl methyl sites for hydroxylation is 1. The van der Waals surface area contributed by atoms with Gasteiger partial charge in [-0.2, -0.15) is 0 Å². The third-order valence-corrected chi connectivity index (χ3v) is 4.17. The topological polar surface area (TPSA) is 49.4 Å². The van der Waals surface area contributed by atoms with E-state index in [1.165, 1.54) is 0 Å². The maximum atomic E-state index is 12.4. The fourth-order valence-corrected chi connectivity index (χ4v) is 2.86. The molecule has 1 N–H and O–H groups in total. The van der Waals surface area contributed by atoms with E-state index >= 15 is 0 Å².